The van der Waals surface area contributed by atoms with Crippen molar-refractivity contribution >= 4 is 11.8 Å². The fourth-order valence-corrected chi connectivity index (χ4v) is 2.73. The highest BCUT2D eigenvalue weighted by atomic mass is 16.2. The lowest BCUT2D eigenvalue weighted by Gasteiger charge is -2.38. The van der Waals surface area contributed by atoms with Gasteiger partial charge in [-0.1, -0.05) is 26.2 Å². The highest BCUT2D eigenvalue weighted by Gasteiger charge is 2.46. The number of hydrogen-bond acceptors (Lipinski definition) is 2. The Kier molecular flexibility index (Phi) is 4.25. The first-order valence-corrected chi connectivity index (χ1v) is 7.26. The third-order valence-corrected chi connectivity index (χ3v) is 3.94. The molecule has 1 saturated carbocycles. The Morgan fingerprint density at radius 2 is 1.94 bits per heavy atom. The Labute approximate surface area is 109 Å². The van der Waals surface area contributed by atoms with Crippen LogP contribution in [0.3, 0.4) is 0 Å². The lowest BCUT2D eigenvalue weighted by atomic mass is 10.0. The van der Waals surface area contributed by atoms with Crippen molar-refractivity contribution < 1.29 is 9.59 Å². The Bertz CT molecular complexity index is 326. The summed E-state index contributed by atoms with van der Waals surface area (Å²) in [6, 6.07) is -0.533. The van der Waals surface area contributed by atoms with E-state index in [1.54, 1.807) is 6.92 Å². The second-order valence-electron chi connectivity index (χ2n) is 5.60. The average Bonchev–Trinajstić information content (AvgIpc) is 3.14. The van der Waals surface area contributed by atoms with Gasteiger partial charge < -0.3 is 10.2 Å². The topological polar surface area (TPSA) is 49.4 Å². The molecule has 0 radical (unpaired) electrons. The number of hydrogen-bond donors (Lipinski definition) is 1. The minimum Gasteiger partial charge on any atom is -0.343 e. The van der Waals surface area contributed by atoms with Crippen molar-refractivity contribution in [2.24, 2.45) is 5.92 Å². The lowest BCUT2D eigenvalue weighted by molar-refractivity contribution is -0.149. The molecule has 2 unspecified atom stereocenters. The molecular weight excluding hydrogens is 228 g/mol. The minimum absolute atomic E-state index is 0.0556. The number of amides is 2. The smallest absolute Gasteiger partial charge is 0.245 e. The fourth-order valence-electron chi connectivity index (χ4n) is 2.73. The molecular formula is C14H24N2O2. The van der Waals surface area contributed by atoms with E-state index in [9.17, 15) is 9.59 Å². The Morgan fingerprint density at radius 1 is 1.22 bits per heavy atom. The molecule has 2 atom stereocenters. The van der Waals surface area contributed by atoms with Gasteiger partial charge in [-0.15, -0.1) is 0 Å². The maximum Gasteiger partial charge on any atom is 0.245 e. The molecule has 4 heteroatoms. The largest absolute Gasteiger partial charge is 0.343 e. The third-order valence-electron chi connectivity index (χ3n) is 3.94. The van der Waals surface area contributed by atoms with Crippen molar-refractivity contribution in [3.63, 3.8) is 0 Å². The number of rotatable bonds is 6. The normalized spacial score (nSPS) is 28.4. The van der Waals surface area contributed by atoms with Gasteiger partial charge in [-0.3, -0.25) is 9.59 Å². The van der Waals surface area contributed by atoms with E-state index in [1.165, 1.54) is 12.8 Å². The zero-order valence-electron chi connectivity index (χ0n) is 11.4. The molecule has 1 heterocycles. The molecule has 0 spiro atoms. The molecule has 4 nitrogen and oxygen atoms in total. The summed E-state index contributed by atoms with van der Waals surface area (Å²) in [7, 11) is 0. The maximum atomic E-state index is 12.2. The van der Waals surface area contributed by atoms with Gasteiger partial charge >= 0.3 is 0 Å². The van der Waals surface area contributed by atoms with Gasteiger partial charge in [-0.25, -0.2) is 0 Å². The first kappa shape index (κ1) is 13.4. The molecule has 0 aromatic heterocycles. The highest BCUT2D eigenvalue weighted by molar-refractivity contribution is 5.97. The molecule has 18 heavy (non-hydrogen) atoms. The predicted octanol–water partition coefficient (Wildman–Crippen LogP) is 1.69. The van der Waals surface area contributed by atoms with Crippen molar-refractivity contribution in [3.05, 3.63) is 0 Å². The summed E-state index contributed by atoms with van der Waals surface area (Å²) in [5.41, 5.74) is 0. The van der Waals surface area contributed by atoms with Crippen molar-refractivity contribution in [2.45, 2.75) is 64.5 Å². The highest BCUT2D eigenvalue weighted by Crippen LogP contribution is 2.37. The molecule has 102 valence electrons. The monoisotopic (exact) mass is 252 g/mol. The van der Waals surface area contributed by atoms with Crippen LogP contribution < -0.4 is 5.32 Å². The summed E-state index contributed by atoms with van der Waals surface area (Å²) in [5, 5.41) is 2.80. The van der Waals surface area contributed by atoms with E-state index in [0.717, 1.165) is 32.2 Å². The van der Waals surface area contributed by atoms with Crippen molar-refractivity contribution in [3.8, 4) is 0 Å². The van der Waals surface area contributed by atoms with E-state index < -0.39 is 0 Å². The van der Waals surface area contributed by atoms with Crippen molar-refractivity contribution in [1.29, 1.82) is 0 Å². The number of nitrogens with one attached hydrogen (secondary N) is 1. The second-order valence-corrected chi connectivity index (χ2v) is 5.60. The number of carbonyl (C=O) groups is 2. The predicted molar refractivity (Wildman–Crippen MR) is 70.0 cm³/mol. The van der Waals surface area contributed by atoms with E-state index in [2.05, 4.69) is 12.2 Å². The van der Waals surface area contributed by atoms with Crippen LogP contribution in [-0.2, 0) is 9.59 Å². The molecule has 0 aromatic rings. The van der Waals surface area contributed by atoms with Gasteiger partial charge in [0.25, 0.3) is 0 Å². The number of unbranched alkanes of at least 4 members (excludes halogenated alkanes) is 3. The Morgan fingerprint density at radius 3 is 2.56 bits per heavy atom. The van der Waals surface area contributed by atoms with Crippen LogP contribution in [0.2, 0.25) is 0 Å². The van der Waals surface area contributed by atoms with Crippen LogP contribution in [0.15, 0.2) is 0 Å². The third kappa shape index (κ3) is 2.85. The quantitative estimate of drug-likeness (QED) is 0.731. The van der Waals surface area contributed by atoms with E-state index in [0.29, 0.717) is 5.92 Å². The summed E-state index contributed by atoms with van der Waals surface area (Å²) in [4.78, 5) is 26.1. The summed E-state index contributed by atoms with van der Waals surface area (Å²) in [6.45, 7) is 4.70. The lowest BCUT2D eigenvalue weighted by Crippen LogP contribution is -2.63. The molecule has 2 fully saturated rings. The second kappa shape index (κ2) is 5.72. The van der Waals surface area contributed by atoms with Crippen LogP contribution in [-0.4, -0.2) is 35.3 Å². The van der Waals surface area contributed by atoms with Gasteiger partial charge in [-0.2, -0.15) is 0 Å². The van der Waals surface area contributed by atoms with Gasteiger partial charge in [0, 0.05) is 6.54 Å². The summed E-state index contributed by atoms with van der Waals surface area (Å²) >= 11 is 0. The zero-order chi connectivity index (χ0) is 13.1. The molecule has 1 N–H and O–H groups in total. The van der Waals surface area contributed by atoms with Crippen molar-refractivity contribution in [1.82, 2.24) is 10.2 Å². The maximum absolute atomic E-state index is 12.2. The van der Waals surface area contributed by atoms with Crippen LogP contribution in [0.5, 0.6) is 0 Å². The summed E-state index contributed by atoms with van der Waals surface area (Å²) < 4.78 is 0. The van der Waals surface area contributed by atoms with Gasteiger partial charge in [0.05, 0.1) is 0 Å². The van der Waals surface area contributed by atoms with Gasteiger partial charge in [0.1, 0.15) is 12.1 Å². The first-order chi connectivity index (χ1) is 8.65. The summed E-state index contributed by atoms with van der Waals surface area (Å²) in [6.07, 6.45) is 6.74. The fraction of sp³-hybridized carbons (Fsp3) is 0.857. The SMILES string of the molecule is CCCCCCN1C(=O)C(C)NC(=O)C1C1CC1. The van der Waals surface area contributed by atoms with E-state index in [1.807, 2.05) is 4.90 Å². The van der Waals surface area contributed by atoms with Crippen LogP contribution >= 0.6 is 0 Å². The van der Waals surface area contributed by atoms with Crippen LogP contribution in [0, 0.1) is 5.92 Å². The first-order valence-electron chi connectivity index (χ1n) is 7.26. The van der Waals surface area contributed by atoms with Gasteiger partial charge in [-0.05, 0) is 32.1 Å². The molecule has 0 aromatic carbocycles. The molecule has 2 rings (SSSR count). The average molecular weight is 252 g/mol. The van der Waals surface area contributed by atoms with Crippen LogP contribution in [0.1, 0.15) is 52.4 Å². The summed E-state index contributed by atoms with van der Waals surface area (Å²) in [5.74, 6) is 0.565. The van der Waals surface area contributed by atoms with Gasteiger partial charge in [0.2, 0.25) is 11.8 Å². The van der Waals surface area contributed by atoms with E-state index in [-0.39, 0.29) is 23.9 Å². The zero-order valence-corrected chi connectivity index (χ0v) is 11.4. The van der Waals surface area contributed by atoms with E-state index >= 15 is 0 Å². The molecule has 1 saturated heterocycles. The number of carbonyl (C=O) groups excluding carboxylic acids is 2. The molecule has 2 amide bonds. The molecule has 0 bridgehead atoms. The van der Waals surface area contributed by atoms with Crippen LogP contribution in [0.4, 0.5) is 0 Å². The minimum atomic E-state index is -0.348. The molecule has 1 aliphatic heterocycles. The number of piperazine rings is 1. The number of nitrogens with zero attached hydrogens (tertiary/aromatic N) is 1. The van der Waals surface area contributed by atoms with Crippen LogP contribution in [0.25, 0.3) is 0 Å². The van der Waals surface area contributed by atoms with Gasteiger partial charge in [0.15, 0.2) is 0 Å². The molecule has 1 aliphatic carbocycles. The Hall–Kier alpha value is -1.06. The Balaban J connectivity index is 1.96. The van der Waals surface area contributed by atoms with E-state index in [4.69, 9.17) is 0 Å². The van der Waals surface area contributed by atoms with Crippen molar-refractivity contribution in [2.75, 3.05) is 6.54 Å². The molecule has 2 aliphatic rings. The standard InChI is InChI=1S/C14H24N2O2/c1-3-4-5-6-9-16-12(11-7-8-11)13(17)15-10(2)14(16)18/h10-12H,3-9H2,1-2H3,(H,15,17).